The molecule has 0 aromatic rings. The Kier molecular flexibility index (Phi) is 9.25. The molecule has 1 nitrogen and oxygen atoms in total. The van der Waals surface area contributed by atoms with E-state index in [0.717, 1.165) is 0 Å². The third-order valence-electron chi connectivity index (χ3n) is 0.505. The van der Waals surface area contributed by atoms with Crippen LogP contribution in [0.4, 0.5) is 0 Å². The molecule has 0 bridgehead atoms. The van der Waals surface area contributed by atoms with E-state index in [1.165, 1.54) is 5.57 Å². The zero-order valence-corrected chi connectivity index (χ0v) is 7.08. The van der Waals surface area contributed by atoms with Gasteiger partial charge in [0.1, 0.15) is 0 Å². The van der Waals surface area contributed by atoms with E-state index in [0.29, 0.717) is 5.71 Å². The van der Waals surface area contributed by atoms with E-state index in [-0.39, 0.29) is 0 Å². The average Bonchev–Trinajstić information content (AvgIpc) is 1.68. The molecule has 0 unspecified atom stereocenters. The third kappa shape index (κ3) is 18.7. The van der Waals surface area contributed by atoms with Gasteiger partial charge in [0.2, 0.25) is 0 Å². The number of hydrogen-bond donors (Lipinski definition) is 1. The second-order valence-corrected chi connectivity index (χ2v) is 1.90. The average molecular weight is 127 g/mol. The van der Waals surface area contributed by atoms with Crippen molar-refractivity contribution >= 4 is 5.71 Å². The maximum atomic E-state index is 6.95. The molecule has 0 rings (SSSR count). The van der Waals surface area contributed by atoms with Crippen molar-refractivity contribution in [2.45, 2.75) is 34.6 Å². The third-order valence-corrected chi connectivity index (χ3v) is 0.505. The van der Waals surface area contributed by atoms with Crippen LogP contribution in [-0.2, 0) is 0 Å². The molecule has 0 radical (unpaired) electrons. The fourth-order valence-electron chi connectivity index (χ4n) is 0.433. The minimum atomic E-state index is 0.625. The molecule has 0 aliphatic carbocycles. The van der Waals surface area contributed by atoms with Crippen LogP contribution in [0.1, 0.15) is 34.6 Å². The van der Waals surface area contributed by atoms with Gasteiger partial charge in [0, 0.05) is 5.71 Å². The molecule has 0 aromatic carbocycles. The minimum absolute atomic E-state index is 0.625. The summed E-state index contributed by atoms with van der Waals surface area (Å²) in [7, 11) is 0. The van der Waals surface area contributed by atoms with Crippen molar-refractivity contribution in [1.82, 2.24) is 0 Å². The quantitative estimate of drug-likeness (QED) is 0.523. The fourth-order valence-corrected chi connectivity index (χ4v) is 0.433. The molecule has 0 amide bonds. The summed E-state index contributed by atoms with van der Waals surface area (Å²) in [5.74, 6) is 0. The van der Waals surface area contributed by atoms with Gasteiger partial charge in [-0.05, 0) is 26.8 Å². The Morgan fingerprint density at radius 1 is 1.11 bits per heavy atom. The fraction of sp³-hybridized carbons (Fsp3) is 0.625. The van der Waals surface area contributed by atoms with Crippen LogP contribution in [0.3, 0.4) is 0 Å². The van der Waals surface area contributed by atoms with Gasteiger partial charge in [-0.2, -0.15) is 0 Å². The summed E-state index contributed by atoms with van der Waals surface area (Å²) in [4.78, 5) is 0. The van der Waals surface area contributed by atoms with Crippen LogP contribution in [0, 0.1) is 5.41 Å². The standard InChI is InChI=1S/C6H11N.C2H6/c1-5(2)4-6(3)7;1-2/h4,7H,1-3H3;1-2H3. The highest BCUT2D eigenvalue weighted by Crippen LogP contribution is 1.86. The molecule has 1 heteroatoms. The molecule has 0 saturated heterocycles. The van der Waals surface area contributed by atoms with Gasteiger partial charge in [0.05, 0.1) is 0 Å². The summed E-state index contributed by atoms with van der Waals surface area (Å²) in [5.41, 5.74) is 1.81. The Morgan fingerprint density at radius 2 is 1.44 bits per heavy atom. The van der Waals surface area contributed by atoms with E-state index in [2.05, 4.69) is 0 Å². The van der Waals surface area contributed by atoms with Crippen molar-refractivity contribution in [3.05, 3.63) is 11.6 Å². The van der Waals surface area contributed by atoms with Gasteiger partial charge in [-0.25, -0.2) is 0 Å². The largest absolute Gasteiger partial charge is 0.306 e. The minimum Gasteiger partial charge on any atom is -0.306 e. The highest BCUT2D eigenvalue weighted by molar-refractivity contribution is 5.90. The lowest BCUT2D eigenvalue weighted by Gasteiger charge is -1.83. The van der Waals surface area contributed by atoms with Crippen LogP contribution >= 0.6 is 0 Å². The Labute approximate surface area is 58.3 Å². The Hall–Kier alpha value is -0.590. The van der Waals surface area contributed by atoms with Gasteiger partial charge >= 0.3 is 0 Å². The molecular formula is C8H17N. The molecule has 0 atom stereocenters. The van der Waals surface area contributed by atoms with Crippen LogP contribution < -0.4 is 0 Å². The highest BCUT2D eigenvalue weighted by Gasteiger charge is 1.75. The second kappa shape index (κ2) is 7.41. The first kappa shape index (κ1) is 11.2. The molecule has 1 N–H and O–H groups in total. The number of hydrogen-bond acceptors (Lipinski definition) is 1. The van der Waals surface area contributed by atoms with Gasteiger partial charge in [-0.3, -0.25) is 0 Å². The van der Waals surface area contributed by atoms with E-state index in [4.69, 9.17) is 5.41 Å². The van der Waals surface area contributed by atoms with Gasteiger partial charge < -0.3 is 5.41 Å². The summed E-state index contributed by atoms with van der Waals surface area (Å²) in [6.45, 7) is 9.74. The van der Waals surface area contributed by atoms with Crippen molar-refractivity contribution in [2.75, 3.05) is 0 Å². The Balaban J connectivity index is 0. The summed E-state index contributed by atoms with van der Waals surface area (Å²) in [6, 6.07) is 0. The van der Waals surface area contributed by atoms with Crippen LogP contribution in [-0.4, -0.2) is 5.71 Å². The summed E-state index contributed by atoms with van der Waals surface area (Å²) >= 11 is 0. The van der Waals surface area contributed by atoms with Gasteiger partial charge in [-0.1, -0.05) is 19.4 Å². The normalized spacial score (nSPS) is 6.78. The predicted molar refractivity (Wildman–Crippen MR) is 44.2 cm³/mol. The molecule has 0 saturated carbocycles. The molecular weight excluding hydrogens is 110 g/mol. The van der Waals surface area contributed by atoms with Crippen LogP contribution in [0.2, 0.25) is 0 Å². The lowest BCUT2D eigenvalue weighted by atomic mass is 10.3. The molecule has 0 aliphatic heterocycles. The summed E-state index contributed by atoms with van der Waals surface area (Å²) in [5, 5.41) is 6.95. The maximum absolute atomic E-state index is 6.95. The first-order valence-electron chi connectivity index (χ1n) is 3.33. The van der Waals surface area contributed by atoms with E-state index in [1.54, 1.807) is 6.92 Å². The van der Waals surface area contributed by atoms with Crippen molar-refractivity contribution in [2.24, 2.45) is 0 Å². The van der Waals surface area contributed by atoms with Gasteiger partial charge in [-0.15, -0.1) is 0 Å². The van der Waals surface area contributed by atoms with E-state index < -0.39 is 0 Å². The molecule has 0 fully saturated rings. The number of allylic oxidation sites excluding steroid dienone is 2. The van der Waals surface area contributed by atoms with E-state index >= 15 is 0 Å². The van der Waals surface area contributed by atoms with Gasteiger partial charge in [0.15, 0.2) is 0 Å². The SMILES string of the molecule is CC.CC(=N)C=C(C)C. The first-order chi connectivity index (χ1) is 4.13. The molecule has 9 heavy (non-hydrogen) atoms. The Bertz CT molecular complexity index is 97.1. The Morgan fingerprint density at radius 3 is 1.44 bits per heavy atom. The number of nitrogens with one attached hydrogen (secondary N) is 1. The number of rotatable bonds is 1. The second-order valence-electron chi connectivity index (χ2n) is 1.90. The smallest absolute Gasteiger partial charge is 0.0282 e. The first-order valence-corrected chi connectivity index (χ1v) is 3.33. The van der Waals surface area contributed by atoms with Crippen molar-refractivity contribution in [3.8, 4) is 0 Å². The van der Waals surface area contributed by atoms with Crippen LogP contribution in [0.25, 0.3) is 0 Å². The molecule has 0 heterocycles. The molecule has 0 aliphatic rings. The molecule has 54 valence electrons. The predicted octanol–water partition coefficient (Wildman–Crippen LogP) is 3.02. The zero-order valence-electron chi connectivity index (χ0n) is 7.08. The zero-order chi connectivity index (χ0) is 7.86. The summed E-state index contributed by atoms with van der Waals surface area (Å²) in [6.07, 6.45) is 1.83. The lowest BCUT2D eigenvalue weighted by molar-refractivity contribution is 1.38. The van der Waals surface area contributed by atoms with E-state index in [1.807, 2.05) is 33.8 Å². The highest BCUT2D eigenvalue weighted by atomic mass is 14.4. The summed E-state index contributed by atoms with van der Waals surface area (Å²) < 4.78 is 0. The van der Waals surface area contributed by atoms with Gasteiger partial charge in [0.25, 0.3) is 0 Å². The molecule has 0 spiro atoms. The van der Waals surface area contributed by atoms with Crippen LogP contribution in [0.15, 0.2) is 11.6 Å². The maximum Gasteiger partial charge on any atom is 0.0282 e. The monoisotopic (exact) mass is 127 g/mol. The van der Waals surface area contributed by atoms with Crippen LogP contribution in [0.5, 0.6) is 0 Å². The van der Waals surface area contributed by atoms with Crippen molar-refractivity contribution in [1.29, 1.82) is 5.41 Å². The topological polar surface area (TPSA) is 23.9 Å². The lowest BCUT2D eigenvalue weighted by Crippen LogP contribution is -1.78. The van der Waals surface area contributed by atoms with E-state index in [9.17, 15) is 0 Å². The van der Waals surface area contributed by atoms with Crippen molar-refractivity contribution in [3.63, 3.8) is 0 Å². The molecule has 0 aromatic heterocycles. The van der Waals surface area contributed by atoms with Crippen molar-refractivity contribution < 1.29 is 0 Å².